The summed E-state index contributed by atoms with van der Waals surface area (Å²) in [5.41, 5.74) is 1.86. The molecule has 1 aliphatic rings. The van der Waals surface area contributed by atoms with Crippen molar-refractivity contribution >= 4 is 5.91 Å². The fraction of sp³-hybridized carbons (Fsp3) is 0.562. The highest BCUT2D eigenvalue weighted by atomic mass is 16.5. The van der Waals surface area contributed by atoms with E-state index in [0.717, 1.165) is 30.8 Å². The smallest absolute Gasteiger partial charge is 0.254 e. The number of carbonyl (C=O) groups is 1. The molecule has 1 heterocycles. The molecule has 20 heavy (non-hydrogen) atoms. The van der Waals surface area contributed by atoms with Crippen LogP contribution in [0.2, 0.25) is 0 Å². The molecule has 110 valence electrons. The van der Waals surface area contributed by atoms with Crippen molar-refractivity contribution in [1.82, 2.24) is 10.2 Å². The number of rotatable bonds is 4. The first-order valence-corrected chi connectivity index (χ1v) is 7.30. The normalized spacial score (nSPS) is 19.4. The van der Waals surface area contributed by atoms with Crippen molar-refractivity contribution in [2.75, 3.05) is 19.6 Å². The Bertz CT molecular complexity index is 442. The van der Waals surface area contributed by atoms with Crippen molar-refractivity contribution in [2.45, 2.75) is 39.5 Å². The van der Waals surface area contributed by atoms with E-state index in [1.165, 1.54) is 0 Å². The Morgan fingerprint density at radius 2 is 2.10 bits per heavy atom. The zero-order valence-electron chi connectivity index (χ0n) is 12.6. The highest BCUT2D eigenvalue weighted by molar-refractivity contribution is 5.94. The highest BCUT2D eigenvalue weighted by Gasteiger charge is 2.23. The Morgan fingerprint density at radius 1 is 1.40 bits per heavy atom. The predicted octanol–water partition coefficient (Wildman–Crippen LogP) is 2.05. The van der Waals surface area contributed by atoms with Crippen LogP contribution in [0.4, 0.5) is 0 Å². The van der Waals surface area contributed by atoms with Gasteiger partial charge < -0.3 is 15.0 Å². The van der Waals surface area contributed by atoms with Crippen LogP contribution in [0.25, 0.3) is 0 Å². The van der Waals surface area contributed by atoms with E-state index in [-0.39, 0.29) is 18.1 Å². The van der Waals surface area contributed by atoms with E-state index in [1.807, 2.05) is 43.0 Å². The Balaban J connectivity index is 2.00. The van der Waals surface area contributed by atoms with Gasteiger partial charge in [-0.1, -0.05) is 12.1 Å². The molecule has 1 aromatic carbocycles. The fourth-order valence-corrected chi connectivity index (χ4v) is 2.32. The zero-order valence-corrected chi connectivity index (χ0v) is 12.6. The van der Waals surface area contributed by atoms with Gasteiger partial charge in [-0.05, 0) is 38.5 Å². The molecule has 4 nitrogen and oxygen atoms in total. The van der Waals surface area contributed by atoms with Gasteiger partial charge in [0.1, 0.15) is 0 Å². The number of hydrogen-bond acceptors (Lipinski definition) is 3. The molecule has 0 aromatic heterocycles. The second-order valence-electron chi connectivity index (χ2n) is 5.61. The quantitative estimate of drug-likeness (QED) is 0.915. The number of piperazine rings is 1. The van der Waals surface area contributed by atoms with Gasteiger partial charge in [0.2, 0.25) is 0 Å². The van der Waals surface area contributed by atoms with E-state index in [0.29, 0.717) is 6.61 Å². The van der Waals surface area contributed by atoms with Gasteiger partial charge in [-0.25, -0.2) is 0 Å². The van der Waals surface area contributed by atoms with E-state index < -0.39 is 0 Å². The summed E-state index contributed by atoms with van der Waals surface area (Å²) in [6, 6.07) is 8.00. The third kappa shape index (κ3) is 3.81. The summed E-state index contributed by atoms with van der Waals surface area (Å²) in [5.74, 6) is 0.121. The number of benzene rings is 1. The van der Waals surface area contributed by atoms with Crippen molar-refractivity contribution in [2.24, 2.45) is 0 Å². The van der Waals surface area contributed by atoms with Gasteiger partial charge >= 0.3 is 0 Å². The minimum absolute atomic E-state index is 0.121. The molecule has 1 aliphatic heterocycles. The minimum atomic E-state index is 0.121. The molecule has 4 heteroatoms. The summed E-state index contributed by atoms with van der Waals surface area (Å²) < 4.78 is 5.56. The van der Waals surface area contributed by atoms with Crippen LogP contribution in [0.3, 0.4) is 0 Å². The molecule has 1 fully saturated rings. The molecule has 0 bridgehead atoms. The average molecular weight is 276 g/mol. The standard InChI is InChI=1S/C16H24N2O2/c1-12(2)20-11-14-4-6-15(7-5-14)16(19)18-9-8-17-10-13(18)3/h4-7,12-13,17H,8-11H2,1-3H3/t13-/m1/s1. The van der Waals surface area contributed by atoms with Crippen LogP contribution in [0.5, 0.6) is 0 Å². The van der Waals surface area contributed by atoms with E-state index in [9.17, 15) is 4.79 Å². The average Bonchev–Trinajstić information content (AvgIpc) is 2.45. The van der Waals surface area contributed by atoms with E-state index in [4.69, 9.17) is 4.74 Å². The molecule has 1 aromatic rings. The highest BCUT2D eigenvalue weighted by Crippen LogP contribution is 2.12. The van der Waals surface area contributed by atoms with Crippen molar-refractivity contribution in [3.05, 3.63) is 35.4 Å². The molecule has 0 aliphatic carbocycles. The van der Waals surface area contributed by atoms with Crippen LogP contribution in [0.15, 0.2) is 24.3 Å². The fourth-order valence-electron chi connectivity index (χ4n) is 2.32. The number of hydrogen-bond donors (Lipinski definition) is 1. The minimum Gasteiger partial charge on any atom is -0.374 e. The molecule has 1 saturated heterocycles. The second kappa shape index (κ2) is 6.86. The third-order valence-electron chi connectivity index (χ3n) is 3.55. The lowest BCUT2D eigenvalue weighted by Crippen LogP contribution is -2.52. The van der Waals surface area contributed by atoms with Gasteiger partial charge in [-0.2, -0.15) is 0 Å². The summed E-state index contributed by atoms with van der Waals surface area (Å²) in [4.78, 5) is 14.4. The molecule has 2 rings (SSSR count). The number of ether oxygens (including phenoxy) is 1. The first-order chi connectivity index (χ1) is 9.58. The van der Waals surface area contributed by atoms with Crippen molar-refractivity contribution in [3.8, 4) is 0 Å². The van der Waals surface area contributed by atoms with Gasteiger partial charge in [-0.3, -0.25) is 4.79 Å². The lowest BCUT2D eigenvalue weighted by molar-refractivity contribution is 0.0644. The maximum Gasteiger partial charge on any atom is 0.254 e. The Morgan fingerprint density at radius 3 is 2.70 bits per heavy atom. The number of amides is 1. The monoisotopic (exact) mass is 276 g/mol. The van der Waals surface area contributed by atoms with Crippen LogP contribution >= 0.6 is 0 Å². The molecule has 0 saturated carbocycles. The van der Waals surface area contributed by atoms with Crippen LogP contribution in [-0.4, -0.2) is 42.6 Å². The van der Waals surface area contributed by atoms with Gasteiger partial charge in [-0.15, -0.1) is 0 Å². The van der Waals surface area contributed by atoms with Crippen LogP contribution in [0.1, 0.15) is 36.7 Å². The zero-order chi connectivity index (χ0) is 14.5. The SMILES string of the molecule is CC(C)OCc1ccc(C(=O)N2CCNC[C@H]2C)cc1. The van der Waals surface area contributed by atoms with Gasteiger partial charge in [0, 0.05) is 31.2 Å². The van der Waals surface area contributed by atoms with Gasteiger partial charge in [0.15, 0.2) is 0 Å². The molecule has 0 spiro atoms. The predicted molar refractivity (Wildman–Crippen MR) is 79.7 cm³/mol. The Kier molecular flexibility index (Phi) is 5.15. The summed E-state index contributed by atoms with van der Waals surface area (Å²) in [7, 11) is 0. The summed E-state index contributed by atoms with van der Waals surface area (Å²) in [6.45, 7) is 9.22. The van der Waals surface area contributed by atoms with Crippen LogP contribution < -0.4 is 5.32 Å². The van der Waals surface area contributed by atoms with Gasteiger partial charge in [0.05, 0.1) is 12.7 Å². The summed E-state index contributed by atoms with van der Waals surface area (Å²) >= 11 is 0. The maximum absolute atomic E-state index is 12.5. The van der Waals surface area contributed by atoms with Crippen LogP contribution in [-0.2, 0) is 11.3 Å². The molecule has 0 unspecified atom stereocenters. The summed E-state index contributed by atoms with van der Waals surface area (Å²) in [6.07, 6.45) is 0.220. The van der Waals surface area contributed by atoms with Crippen molar-refractivity contribution < 1.29 is 9.53 Å². The Hall–Kier alpha value is -1.39. The second-order valence-corrected chi connectivity index (χ2v) is 5.61. The largest absolute Gasteiger partial charge is 0.374 e. The summed E-state index contributed by atoms with van der Waals surface area (Å²) in [5, 5.41) is 3.30. The Labute approximate surface area is 121 Å². The van der Waals surface area contributed by atoms with Crippen molar-refractivity contribution in [3.63, 3.8) is 0 Å². The molecular formula is C16H24N2O2. The first kappa shape index (κ1) is 15.0. The van der Waals surface area contributed by atoms with Crippen molar-refractivity contribution in [1.29, 1.82) is 0 Å². The lowest BCUT2D eigenvalue weighted by atomic mass is 10.1. The number of carbonyl (C=O) groups excluding carboxylic acids is 1. The molecule has 1 atom stereocenters. The van der Waals surface area contributed by atoms with Gasteiger partial charge in [0.25, 0.3) is 5.91 Å². The molecule has 0 radical (unpaired) electrons. The van der Waals surface area contributed by atoms with E-state index >= 15 is 0 Å². The first-order valence-electron chi connectivity index (χ1n) is 7.30. The topological polar surface area (TPSA) is 41.6 Å². The number of nitrogens with zero attached hydrogens (tertiary/aromatic N) is 1. The third-order valence-corrected chi connectivity index (χ3v) is 3.55. The lowest BCUT2D eigenvalue weighted by Gasteiger charge is -2.34. The number of nitrogens with one attached hydrogen (secondary N) is 1. The molecule has 1 N–H and O–H groups in total. The maximum atomic E-state index is 12.5. The van der Waals surface area contributed by atoms with Crippen LogP contribution in [0, 0.1) is 0 Å². The molecule has 1 amide bonds. The molecular weight excluding hydrogens is 252 g/mol. The van der Waals surface area contributed by atoms with E-state index in [1.54, 1.807) is 0 Å². The van der Waals surface area contributed by atoms with E-state index in [2.05, 4.69) is 12.2 Å².